The zero-order valence-electron chi connectivity index (χ0n) is 21.5. The van der Waals surface area contributed by atoms with Gasteiger partial charge in [-0.05, 0) is 18.4 Å². The van der Waals surface area contributed by atoms with Gasteiger partial charge >= 0.3 is 11.9 Å². The van der Waals surface area contributed by atoms with Gasteiger partial charge in [0.05, 0.1) is 12.4 Å². The van der Waals surface area contributed by atoms with Gasteiger partial charge in [-0.15, -0.1) is 0 Å². The van der Waals surface area contributed by atoms with E-state index in [4.69, 9.17) is 16.6 Å². The summed E-state index contributed by atoms with van der Waals surface area (Å²) < 4.78 is 0. The summed E-state index contributed by atoms with van der Waals surface area (Å²) in [6.45, 7) is 0. The number of nitrogens with two attached hydrogens (primary N) is 2. The molecule has 0 aliphatic heterocycles. The fourth-order valence-electron chi connectivity index (χ4n) is 3.69. The molecule has 0 saturated heterocycles. The van der Waals surface area contributed by atoms with Crippen molar-refractivity contribution in [2.45, 2.75) is 62.7 Å². The van der Waals surface area contributed by atoms with Crippen molar-refractivity contribution >= 4 is 35.6 Å². The highest BCUT2D eigenvalue weighted by atomic mass is 16.4. The van der Waals surface area contributed by atoms with Gasteiger partial charge < -0.3 is 42.6 Å². The predicted octanol–water partition coefficient (Wildman–Crippen LogP) is -1.81. The molecule has 1 heterocycles. The largest absolute Gasteiger partial charge is 0.481 e. The molecule has 10 N–H and O–H groups in total. The van der Waals surface area contributed by atoms with Crippen molar-refractivity contribution in [3.05, 3.63) is 54.1 Å². The number of nitrogens with zero attached hydrogens (tertiary/aromatic N) is 1. The van der Waals surface area contributed by atoms with Crippen LogP contribution in [0.4, 0.5) is 0 Å². The third-order valence-electron chi connectivity index (χ3n) is 5.82. The van der Waals surface area contributed by atoms with Crippen LogP contribution in [0.1, 0.15) is 36.9 Å². The van der Waals surface area contributed by atoms with Gasteiger partial charge in [0.15, 0.2) is 0 Å². The van der Waals surface area contributed by atoms with Gasteiger partial charge in [0.25, 0.3) is 0 Å². The summed E-state index contributed by atoms with van der Waals surface area (Å²) in [6.07, 6.45) is 1.51. The van der Waals surface area contributed by atoms with Crippen LogP contribution in [-0.2, 0) is 41.6 Å². The molecule has 0 bridgehead atoms. The number of aromatic nitrogens is 2. The number of carboxylic acid groups (broad SMARTS) is 2. The van der Waals surface area contributed by atoms with Gasteiger partial charge in [-0.1, -0.05) is 30.3 Å². The lowest BCUT2D eigenvalue weighted by molar-refractivity contribution is -0.143. The molecule has 0 saturated carbocycles. The number of hydrogen-bond donors (Lipinski definition) is 8. The molecular weight excluding hydrogens is 526 g/mol. The molecule has 1 aromatic heterocycles. The highest BCUT2D eigenvalue weighted by Gasteiger charge is 2.31. The van der Waals surface area contributed by atoms with Gasteiger partial charge in [-0.3, -0.25) is 24.0 Å². The monoisotopic (exact) mass is 559 g/mol. The molecule has 15 heteroatoms. The number of H-pyrrole nitrogens is 1. The first-order valence-electron chi connectivity index (χ1n) is 12.4. The molecular formula is C25H33N7O8. The summed E-state index contributed by atoms with van der Waals surface area (Å²) in [5.74, 6) is -5.93. The minimum atomic E-state index is -1.51. The normalized spacial score (nSPS) is 13.7. The van der Waals surface area contributed by atoms with Crippen LogP contribution in [0.25, 0.3) is 0 Å². The smallest absolute Gasteiger partial charge is 0.326 e. The molecule has 0 aliphatic rings. The highest BCUT2D eigenvalue weighted by Crippen LogP contribution is 2.08. The lowest BCUT2D eigenvalue weighted by Crippen LogP contribution is -2.57. The fraction of sp³-hybridized carbons (Fsp3) is 0.400. The van der Waals surface area contributed by atoms with E-state index in [2.05, 4.69) is 25.9 Å². The zero-order valence-corrected chi connectivity index (χ0v) is 21.5. The maximum absolute atomic E-state index is 13.3. The van der Waals surface area contributed by atoms with Crippen LogP contribution in [0.5, 0.6) is 0 Å². The molecule has 216 valence electrons. The Bertz CT molecular complexity index is 1170. The first-order valence-corrected chi connectivity index (χ1v) is 12.4. The number of carbonyl (C=O) groups is 6. The van der Waals surface area contributed by atoms with Crippen LogP contribution < -0.4 is 27.4 Å². The van der Waals surface area contributed by atoms with Gasteiger partial charge in [0.2, 0.25) is 23.6 Å². The number of benzene rings is 1. The number of aromatic amines is 1. The number of primary amides is 1. The second kappa shape index (κ2) is 15.6. The quantitative estimate of drug-likeness (QED) is 0.108. The zero-order chi connectivity index (χ0) is 29.7. The molecule has 4 atom stereocenters. The van der Waals surface area contributed by atoms with Crippen molar-refractivity contribution in [3.63, 3.8) is 0 Å². The molecule has 0 fully saturated rings. The fourth-order valence-corrected chi connectivity index (χ4v) is 3.69. The molecule has 0 aliphatic carbocycles. The summed E-state index contributed by atoms with van der Waals surface area (Å²) in [4.78, 5) is 79.6. The Morgan fingerprint density at radius 2 is 1.43 bits per heavy atom. The minimum absolute atomic E-state index is 0.0127. The Morgan fingerprint density at radius 1 is 0.825 bits per heavy atom. The molecule has 2 aromatic rings. The standard InChI is InChI=1S/C25H33N7O8/c26-16(11-15-12-28-13-29-15)22(36)32-19(10-14-4-2-1-3-5-14)24(38)30-17(7-9-21(34)35)23(37)31-18(25(39)40)6-8-20(27)33/h1-5,12-13,16-19H,6-11,26H2,(H2,27,33)(H,28,29)(H,30,38)(H,31,37)(H,32,36)(H,34,35)(H,39,40). The first-order chi connectivity index (χ1) is 19.0. The van der Waals surface area contributed by atoms with E-state index in [1.165, 1.54) is 12.5 Å². The van der Waals surface area contributed by atoms with E-state index < -0.39 is 66.2 Å². The van der Waals surface area contributed by atoms with Gasteiger partial charge in [0.1, 0.15) is 18.1 Å². The van der Waals surface area contributed by atoms with Crippen molar-refractivity contribution in [3.8, 4) is 0 Å². The summed E-state index contributed by atoms with van der Waals surface area (Å²) in [5.41, 5.74) is 12.3. The van der Waals surface area contributed by atoms with Gasteiger partial charge in [-0.25, -0.2) is 9.78 Å². The van der Waals surface area contributed by atoms with Crippen molar-refractivity contribution in [2.75, 3.05) is 0 Å². The first kappa shape index (κ1) is 31.4. The maximum Gasteiger partial charge on any atom is 0.326 e. The number of nitrogens with one attached hydrogen (secondary N) is 4. The average Bonchev–Trinajstić information content (AvgIpc) is 3.41. The van der Waals surface area contributed by atoms with Crippen LogP contribution in [0.15, 0.2) is 42.9 Å². The van der Waals surface area contributed by atoms with E-state index in [1.54, 1.807) is 30.3 Å². The molecule has 4 unspecified atom stereocenters. The van der Waals surface area contributed by atoms with Crippen LogP contribution in [0.2, 0.25) is 0 Å². The average molecular weight is 560 g/mol. The maximum atomic E-state index is 13.3. The summed E-state index contributed by atoms with van der Waals surface area (Å²) in [5, 5.41) is 25.7. The Hall–Kier alpha value is -4.79. The third-order valence-corrected chi connectivity index (χ3v) is 5.82. The van der Waals surface area contributed by atoms with E-state index in [0.717, 1.165) is 0 Å². The molecule has 0 radical (unpaired) electrons. The number of carbonyl (C=O) groups excluding carboxylic acids is 4. The van der Waals surface area contributed by atoms with Crippen LogP contribution in [0.3, 0.4) is 0 Å². The SMILES string of the molecule is NC(=O)CCC(NC(=O)C(CCC(=O)O)NC(=O)C(Cc1ccccc1)NC(=O)C(N)Cc1cnc[nH]1)C(=O)O. The Labute approximate surface area is 229 Å². The minimum Gasteiger partial charge on any atom is -0.481 e. The Balaban J connectivity index is 2.21. The number of carboxylic acids is 2. The second-order valence-corrected chi connectivity index (χ2v) is 9.04. The van der Waals surface area contributed by atoms with E-state index in [-0.39, 0.29) is 32.1 Å². The Morgan fingerprint density at radius 3 is 2.00 bits per heavy atom. The Kier molecular flexibility index (Phi) is 12.2. The predicted molar refractivity (Wildman–Crippen MR) is 139 cm³/mol. The van der Waals surface area contributed by atoms with Crippen LogP contribution in [0, 0.1) is 0 Å². The molecule has 4 amide bonds. The molecule has 40 heavy (non-hydrogen) atoms. The molecule has 1 aromatic carbocycles. The summed E-state index contributed by atoms with van der Waals surface area (Å²) in [6, 6.07) is 3.45. The molecule has 2 rings (SSSR count). The number of imidazole rings is 1. The number of rotatable bonds is 17. The third kappa shape index (κ3) is 10.9. The lowest BCUT2D eigenvalue weighted by Gasteiger charge is -2.25. The number of amides is 4. The van der Waals surface area contributed by atoms with E-state index in [0.29, 0.717) is 11.3 Å². The van der Waals surface area contributed by atoms with Crippen molar-refractivity contribution in [2.24, 2.45) is 11.5 Å². The van der Waals surface area contributed by atoms with Gasteiger partial charge in [0, 0.05) is 37.6 Å². The van der Waals surface area contributed by atoms with E-state index >= 15 is 0 Å². The summed E-state index contributed by atoms with van der Waals surface area (Å²) >= 11 is 0. The number of hydrogen-bond acceptors (Lipinski definition) is 8. The highest BCUT2D eigenvalue weighted by molar-refractivity contribution is 5.94. The van der Waals surface area contributed by atoms with Gasteiger partial charge in [-0.2, -0.15) is 0 Å². The number of aliphatic carboxylic acids is 2. The molecule has 0 spiro atoms. The molecule has 15 nitrogen and oxygen atoms in total. The van der Waals surface area contributed by atoms with Crippen molar-refractivity contribution in [1.82, 2.24) is 25.9 Å². The van der Waals surface area contributed by atoms with E-state index in [9.17, 15) is 33.9 Å². The topological polar surface area (TPSA) is 260 Å². The lowest BCUT2D eigenvalue weighted by atomic mass is 10.0. The van der Waals surface area contributed by atoms with Crippen LogP contribution >= 0.6 is 0 Å². The van der Waals surface area contributed by atoms with Crippen molar-refractivity contribution < 1.29 is 39.0 Å². The second-order valence-electron chi connectivity index (χ2n) is 9.04. The summed E-state index contributed by atoms with van der Waals surface area (Å²) in [7, 11) is 0. The van der Waals surface area contributed by atoms with Crippen LogP contribution in [-0.4, -0.2) is 79.9 Å². The van der Waals surface area contributed by atoms with Crippen molar-refractivity contribution in [1.29, 1.82) is 0 Å². The van der Waals surface area contributed by atoms with E-state index in [1.807, 2.05) is 0 Å².